The van der Waals surface area contributed by atoms with Crippen LogP contribution < -0.4 is 0 Å². The van der Waals surface area contributed by atoms with Crippen molar-refractivity contribution in [2.45, 2.75) is 18.3 Å². The van der Waals surface area contributed by atoms with Gasteiger partial charge < -0.3 is 9.84 Å². The predicted octanol–water partition coefficient (Wildman–Crippen LogP) is 4.19. The van der Waals surface area contributed by atoms with Crippen LogP contribution in [0.3, 0.4) is 0 Å². The number of hydrogen-bond acceptors (Lipinski definition) is 2. The zero-order chi connectivity index (χ0) is 15.7. The molecule has 0 aliphatic carbocycles. The molecule has 4 rings (SSSR count). The van der Waals surface area contributed by atoms with Crippen molar-refractivity contribution in [3.8, 4) is 0 Å². The van der Waals surface area contributed by atoms with E-state index < -0.39 is 5.79 Å². The minimum atomic E-state index is -1.29. The lowest BCUT2D eigenvalue weighted by Gasteiger charge is -2.25. The van der Waals surface area contributed by atoms with Crippen molar-refractivity contribution in [1.29, 1.82) is 0 Å². The lowest BCUT2D eigenvalue weighted by atomic mass is 9.93. The Morgan fingerprint density at radius 2 is 1.39 bits per heavy atom. The number of benzene rings is 3. The van der Waals surface area contributed by atoms with Gasteiger partial charge in [-0.1, -0.05) is 84.9 Å². The van der Waals surface area contributed by atoms with Crippen molar-refractivity contribution in [1.82, 2.24) is 0 Å². The third-order valence-corrected chi connectivity index (χ3v) is 4.37. The van der Waals surface area contributed by atoms with Crippen molar-refractivity contribution in [3.05, 3.63) is 107 Å². The fraction of sp³-hybridized carbons (Fsp3) is 0.143. The molecule has 2 atom stereocenters. The highest BCUT2D eigenvalue weighted by molar-refractivity contribution is 5.43. The fourth-order valence-electron chi connectivity index (χ4n) is 3.29. The van der Waals surface area contributed by atoms with Gasteiger partial charge in [0.1, 0.15) is 6.10 Å². The standard InChI is InChI=1S/C21H18O2/c22-21(15-16-9-3-1-4-10-16)19-14-8-7-13-18(19)20(23-21)17-11-5-2-6-12-17/h1-14,20,22H,15H2. The molecule has 1 aliphatic heterocycles. The van der Waals surface area contributed by atoms with Crippen LogP contribution in [-0.4, -0.2) is 5.11 Å². The molecule has 0 radical (unpaired) electrons. The molecule has 0 spiro atoms. The molecule has 3 aromatic rings. The van der Waals surface area contributed by atoms with Crippen LogP contribution in [0.15, 0.2) is 84.9 Å². The van der Waals surface area contributed by atoms with Crippen LogP contribution >= 0.6 is 0 Å². The van der Waals surface area contributed by atoms with Gasteiger partial charge in [0, 0.05) is 12.0 Å². The molecule has 3 aromatic carbocycles. The summed E-state index contributed by atoms with van der Waals surface area (Å²) in [5.41, 5.74) is 4.01. The van der Waals surface area contributed by atoms with E-state index in [0.717, 1.165) is 22.3 Å². The maximum atomic E-state index is 11.2. The summed E-state index contributed by atoms with van der Waals surface area (Å²) in [6.07, 6.45) is 0.204. The molecule has 0 fully saturated rings. The van der Waals surface area contributed by atoms with E-state index in [0.29, 0.717) is 6.42 Å². The molecule has 0 bridgehead atoms. The van der Waals surface area contributed by atoms with Gasteiger partial charge in [-0.25, -0.2) is 0 Å². The van der Waals surface area contributed by atoms with E-state index in [1.54, 1.807) is 0 Å². The summed E-state index contributed by atoms with van der Waals surface area (Å²) in [6, 6.07) is 28.0. The SMILES string of the molecule is OC1(Cc2ccccc2)OC(c2ccccc2)c2ccccc21. The number of fused-ring (bicyclic) bond motifs is 1. The number of aliphatic hydroxyl groups is 1. The summed E-state index contributed by atoms with van der Waals surface area (Å²) in [7, 11) is 0. The monoisotopic (exact) mass is 302 g/mol. The van der Waals surface area contributed by atoms with E-state index in [-0.39, 0.29) is 6.10 Å². The highest BCUT2D eigenvalue weighted by Crippen LogP contribution is 2.46. The van der Waals surface area contributed by atoms with Crippen LogP contribution in [0.1, 0.15) is 28.4 Å². The van der Waals surface area contributed by atoms with Crippen LogP contribution in [-0.2, 0) is 16.9 Å². The Labute approximate surface area is 136 Å². The van der Waals surface area contributed by atoms with Gasteiger partial charge in [0.15, 0.2) is 5.79 Å². The molecular weight excluding hydrogens is 284 g/mol. The van der Waals surface area contributed by atoms with Crippen LogP contribution in [0, 0.1) is 0 Å². The molecule has 1 heterocycles. The summed E-state index contributed by atoms with van der Waals surface area (Å²) in [6.45, 7) is 0. The number of ether oxygens (including phenoxy) is 1. The molecule has 2 nitrogen and oxygen atoms in total. The average molecular weight is 302 g/mol. The highest BCUT2D eigenvalue weighted by atomic mass is 16.6. The van der Waals surface area contributed by atoms with E-state index in [2.05, 4.69) is 0 Å². The van der Waals surface area contributed by atoms with E-state index in [1.807, 2.05) is 84.9 Å². The lowest BCUT2D eigenvalue weighted by molar-refractivity contribution is -0.214. The second kappa shape index (κ2) is 5.65. The van der Waals surface area contributed by atoms with Crippen molar-refractivity contribution in [2.75, 3.05) is 0 Å². The Kier molecular flexibility index (Phi) is 3.49. The summed E-state index contributed by atoms with van der Waals surface area (Å²) < 4.78 is 6.16. The number of rotatable bonds is 3. The summed E-state index contributed by atoms with van der Waals surface area (Å²) in [4.78, 5) is 0. The molecule has 1 N–H and O–H groups in total. The summed E-state index contributed by atoms with van der Waals surface area (Å²) in [5.74, 6) is -1.29. The van der Waals surface area contributed by atoms with Crippen molar-refractivity contribution in [2.24, 2.45) is 0 Å². The Balaban J connectivity index is 1.75. The smallest absolute Gasteiger partial charge is 0.197 e. The van der Waals surface area contributed by atoms with Gasteiger partial charge in [-0.05, 0) is 16.7 Å². The van der Waals surface area contributed by atoms with Gasteiger partial charge in [0.05, 0.1) is 0 Å². The zero-order valence-corrected chi connectivity index (χ0v) is 12.7. The summed E-state index contributed by atoms with van der Waals surface area (Å²) in [5, 5.41) is 11.2. The first-order valence-electron chi connectivity index (χ1n) is 7.85. The van der Waals surface area contributed by atoms with Gasteiger partial charge in [0.25, 0.3) is 0 Å². The molecule has 0 saturated carbocycles. The van der Waals surface area contributed by atoms with Crippen molar-refractivity contribution >= 4 is 0 Å². The second-order valence-corrected chi connectivity index (χ2v) is 5.94. The third-order valence-electron chi connectivity index (χ3n) is 4.37. The maximum Gasteiger partial charge on any atom is 0.197 e. The second-order valence-electron chi connectivity index (χ2n) is 5.94. The van der Waals surface area contributed by atoms with E-state index in [9.17, 15) is 5.11 Å². The molecule has 0 amide bonds. The molecule has 0 aromatic heterocycles. The van der Waals surface area contributed by atoms with Gasteiger partial charge >= 0.3 is 0 Å². The largest absolute Gasteiger partial charge is 0.361 e. The first-order valence-corrected chi connectivity index (χ1v) is 7.85. The maximum absolute atomic E-state index is 11.2. The van der Waals surface area contributed by atoms with Gasteiger partial charge in [-0.3, -0.25) is 0 Å². The molecule has 2 heteroatoms. The highest BCUT2D eigenvalue weighted by Gasteiger charge is 2.43. The number of hydrogen-bond donors (Lipinski definition) is 1. The Morgan fingerprint density at radius 1 is 0.783 bits per heavy atom. The topological polar surface area (TPSA) is 29.5 Å². The fourth-order valence-corrected chi connectivity index (χ4v) is 3.29. The zero-order valence-electron chi connectivity index (χ0n) is 12.7. The van der Waals surface area contributed by atoms with Gasteiger partial charge in [-0.15, -0.1) is 0 Å². The Morgan fingerprint density at radius 3 is 2.13 bits per heavy atom. The Hall–Kier alpha value is -2.42. The third kappa shape index (κ3) is 2.56. The molecule has 0 saturated heterocycles. The van der Waals surface area contributed by atoms with E-state index >= 15 is 0 Å². The lowest BCUT2D eigenvalue weighted by Crippen LogP contribution is -2.28. The van der Waals surface area contributed by atoms with Crippen molar-refractivity contribution in [3.63, 3.8) is 0 Å². The minimum Gasteiger partial charge on any atom is -0.361 e. The quantitative estimate of drug-likeness (QED) is 0.786. The van der Waals surface area contributed by atoms with E-state index in [1.165, 1.54) is 0 Å². The van der Waals surface area contributed by atoms with Gasteiger partial charge in [-0.2, -0.15) is 0 Å². The van der Waals surface area contributed by atoms with Crippen molar-refractivity contribution < 1.29 is 9.84 Å². The first kappa shape index (κ1) is 14.2. The molecule has 114 valence electrons. The van der Waals surface area contributed by atoms with Crippen LogP contribution in [0.2, 0.25) is 0 Å². The Bertz CT molecular complexity index is 798. The normalized spacial score (nSPS) is 22.7. The van der Waals surface area contributed by atoms with Crippen LogP contribution in [0.5, 0.6) is 0 Å². The van der Waals surface area contributed by atoms with Crippen LogP contribution in [0.25, 0.3) is 0 Å². The van der Waals surface area contributed by atoms with E-state index in [4.69, 9.17) is 4.74 Å². The first-order chi connectivity index (χ1) is 11.3. The van der Waals surface area contributed by atoms with Gasteiger partial charge in [0.2, 0.25) is 0 Å². The molecular formula is C21H18O2. The molecule has 1 aliphatic rings. The minimum absolute atomic E-state index is 0.235. The average Bonchev–Trinajstić information content (AvgIpc) is 2.90. The molecule has 2 unspecified atom stereocenters. The molecule has 23 heavy (non-hydrogen) atoms. The summed E-state index contributed by atoms with van der Waals surface area (Å²) >= 11 is 0. The predicted molar refractivity (Wildman–Crippen MR) is 89.9 cm³/mol. The van der Waals surface area contributed by atoms with Crippen LogP contribution in [0.4, 0.5) is 0 Å².